The summed E-state index contributed by atoms with van der Waals surface area (Å²) in [6, 6.07) is 6.76. The molecule has 6 nitrogen and oxygen atoms in total. The van der Waals surface area contributed by atoms with E-state index < -0.39 is 23.5 Å². The van der Waals surface area contributed by atoms with Crippen molar-refractivity contribution in [3.05, 3.63) is 69.3 Å². The molecule has 0 saturated heterocycles. The summed E-state index contributed by atoms with van der Waals surface area (Å²) >= 11 is 1.27. The van der Waals surface area contributed by atoms with Gasteiger partial charge in [0.1, 0.15) is 0 Å². The molecular formula is C30H35F6N5OS. The van der Waals surface area contributed by atoms with E-state index in [2.05, 4.69) is 28.8 Å². The molecular weight excluding hydrogens is 592 g/mol. The van der Waals surface area contributed by atoms with Crippen LogP contribution in [-0.4, -0.2) is 63.9 Å². The first-order valence-corrected chi connectivity index (χ1v) is 14.7. The zero-order valence-corrected chi connectivity index (χ0v) is 25.7. The second-order valence-corrected chi connectivity index (χ2v) is 10.7. The lowest BCUT2D eigenvalue weighted by molar-refractivity contribution is -0.143. The molecule has 0 bridgehead atoms. The quantitative estimate of drug-likeness (QED) is 0.189. The third-order valence-electron chi connectivity index (χ3n) is 6.90. The Kier molecular flexibility index (Phi) is 11.1. The summed E-state index contributed by atoms with van der Waals surface area (Å²) in [4.78, 5) is 21.4. The first-order chi connectivity index (χ1) is 20.2. The SMILES string of the molecule is CC.CCN(CC)CCN(C)C1=NC(=O)/C(=C/c2ccc3c(c2)c(C)nn3Cc2ccc(C(F)(F)F)cc2C(F)(F)F)S1. The molecule has 2 heterocycles. The minimum atomic E-state index is -4.97. The molecule has 4 rings (SSSR count). The molecule has 43 heavy (non-hydrogen) atoms. The van der Waals surface area contributed by atoms with E-state index in [0.717, 1.165) is 25.7 Å². The Morgan fingerprint density at radius 3 is 2.23 bits per heavy atom. The number of thioether (sulfide) groups is 1. The molecule has 234 valence electrons. The summed E-state index contributed by atoms with van der Waals surface area (Å²) in [5.41, 5.74) is -1.33. The maximum Gasteiger partial charge on any atom is 0.416 e. The number of amides is 1. The maximum atomic E-state index is 13.7. The third-order valence-corrected chi connectivity index (χ3v) is 8.00. The van der Waals surface area contributed by atoms with Crippen LogP contribution in [0.2, 0.25) is 0 Å². The highest BCUT2D eigenvalue weighted by atomic mass is 32.2. The highest BCUT2D eigenvalue weighted by Crippen LogP contribution is 2.38. The molecule has 1 amide bonds. The van der Waals surface area contributed by atoms with Crippen molar-refractivity contribution in [1.29, 1.82) is 0 Å². The Labute approximate surface area is 251 Å². The summed E-state index contributed by atoms with van der Waals surface area (Å²) in [5, 5.41) is 5.61. The van der Waals surface area contributed by atoms with Gasteiger partial charge in [-0.1, -0.05) is 39.8 Å². The van der Waals surface area contributed by atoms with E-state index in [1.54, 1.807) is 31.2 Å². The van der Waals surface area contributed by atoms with Crippen molar-refractivity contribution >= 4 is 39.8 Å². The number of hydrogen-bond donors (Lipinski definition) is 0. The van der Waals surface area contributed by atoms with Crippen LogP contribution in [0.25, 0.3) is 17.0 Å². The average Bonchev–Trinajstić information content (AvgIpc) is 3.47. The van der Waals surface area contributed by atoms with Crippen molar-refractivity contribution in [2.45, 2.75) is 53.5 Å². The van der Waals surface area contributed by atoms with Gasteiger partial charge in [0.15, 0.2) is 5.17 Å². The number of aryl methyl sites for hydroxylation is 1. The summed E-state index contributed by atoms with van der Waals surface area (Å²) in [7, 11) is 1.89. The fourth-order valence-electron chi connectivity index (χ4n) is 4.52. The van der Waals surface area contributed by atoms with E-state index in [1.807, 2.05) is 25.8 Å². The highest BCUT2D eigenvalue weighted by molar-refractivity contribution is 8.18. The second kappa shape index (κ2) is 14.0. The van der Waals surface area contributed by atoms with Crippen LogP contribution < -0.4 is 0 Å². The van der Waals surface area contributed by atoms with Crippen LogP contribution in [0.3, 0.4) is 0 Å². The number of rotatable bonds is 8. The van der Waals surface area contributed by atoms with Gasteiger partial charge in [-0.15, -0.1) is 0 Å². The Morgan fingerprint density at radius 2 is 1.63 bits per heavy atom. The number of benzene rings is 2. The van der Waals surface area contributed by atoms with Gasteiger partial charge in [-0.3, -0.25) is 9.48 Å². The molecule has 13 heteroatoms. The molecule has 0 aliphatic carbocycles. The Hall–Kier alpha value is -3.32. The van der Waals surface area contributed by atoms with E-state index in [4.69, 9.17) is 0 Å². The first kappa shape index (κ1) is 34.2. The van der Waals surface area contributed by atoms with Gasteiger partial charge in [-0.25, -0.2) is 0 Å². The molecule has 0 unspecified atom stereocenters. The number of amidine groups is 1. The van der Waals surface area contributed by atoms with E-state index in [0.29, 0.717) is 44.8 Å². The lowest BCUT2D eigenvalue weighted by Crippen LogP contribution is -2.34. The molecule has 1 aliphatic heterocycles. The summed E-state index contributed by atoms with van der Waals surface area (Å²) < 4.78 is 81.5. The fourth-order valence-corrected chi connectivity index (χ4v) is 5.42. The van der Waals surface area contributed by atoms with Gasteiger partial charge in [0, 0.05) is 25.5 Å². The van der Waals surface area contributed by atoms with E-state index in [-0.39, 0.29) is 24.1 Å². The van der Waals surface area contributed by atoms with E-state index >= 15 is 0 Å². The number of alkyl halides is 6. The number of likely N-dealkylation sites (N-methyl/N-ethyl adjacent to an activating group) is 2. The summed E-state index contributed by atoms with van der Waals surface area (Å²) in [5.74, 6) is -0.353. The molecule has 0 atom stereocenters. The number of halogens is 6. The lowest BCUT2D eigenvalue weighted by atomic mass is 10.0. The van der Waals surface area contributed by atoms with Crippen LogP contribution >= 0.6 is 11.8 Å². The van der Waals surface area contributed by atoms with Gasteiger partial charge >= 0.3 is 12.4 Å². The Morgan fingerprint density at radius 1 is 0.953 bits per heavy atom. The number of hydrogen-bond acceptors (Lipinski definition) is 5. The molecule has 0 N–H and O–H groups in total. The van der Waals surface area contributed by atoms with Crippen molar-refractivity contribution in [2.75, 3.05) is 33.2 Å². The first-order valence-electron chi connectivity index (χ1n) is 13.9. The van der Waals surface area contributed by atoms with E-state index in [1.165, 1.54) is 16.4 Å². The zero-order valence-electron chi connectivity index (χ0n) is 24.9. The molecule has 0 fully saturated rings. The molecule has 3 aromatic rings. The minimum Gasteiger partial charge on any atom is -0.353 e. The number of aliphatic imine (C=N–C) groups is 1. The van der Waals surface area contributed by atoms with Gasteiger partial charge in [-0.05, 0) is 73.2 Å². The number of carbonyl (C=O) groups is 1. The maximum absolute atomic E-state index is 13.7. The summed E-state index contributed by atoms with van der Waals surface area (Å²) in [6.45, 7) is 12.9. The second-order valence-electron chi connectivity index (χ2n) is 9.65. The number of aromatic nitrogens is 2. The zero-order chi connectivity index (χ0) is 32.1. The Bertz CT molecular complexity index is 1510. The molecule has 2 aromatic carbocycles. The third kappa shape index (κ3) is 8.20. The van der Waals surface area contributed by atoms with Crippen LogP contribution in [0.15, 0.2) is 46.3 Å². The lowest BCUT2D eigenvalue weighted by Gasteiger charge is -2.23. The van der Waals surface area contributed by atoms with E-state index in [9.17, 15) is 31.1 Å². The van der Waals surface area contributed by atoms with Crippen molar-refractivity contribution in [3.8, 4) is 0 Å². The molecule has 0 spiro atoms. The van der Waals surface area contributed by atoms with Crippen LogP contribution in [-0.2, 0) is 23.7 Å². The molecule has 1 aliphatic rings. The molecule has 0 saturated carbocycles. The molecule has 0 radical (unpaired) electrons. The van der Waals surface area contributed by atoms with Gasteiger partial charge in [0.25, 0.3) is 5.91 Å². The van der Waals surface area contributed by atoms with Gasteiger partial charge < -0.3 is 9.80 Å². The van der Waals surface area contributed by atoms with Crippen LogP contribution in [0.4, 0.5) is 26.3 Å². The normalized spacial score (nSPS) is 14.9. The average molecular weight is 628 g/mol. The predicted octanol–water partition coefficient (Wildman–Crippen LogP) is 7.70. The van der Waals surface area contributed by atoms with Gasteiger partial charge in [0.05, 0.1) is 33.8 Å². The fraction of sp³-hybridized carbons (Fsp3) is 0.433. The number of nitrogens with zero attached hydrogens (tertiary/aromatic N) is 5. The van der Waals surface area contributed by atoms with Crippen LogP contribution in [0.5, 0.6) is 0 Å². The minimum absolute atomic E-state index is 0.131. The van der Waals surface area contributed by atoms with Crippen molar-refractivity contribution < 1.29 is 31.1 Å². The van der Waals surface area contributed by atoms with Gasteiger partial charge in [-0.2, -0.15) is 36.4 Å². The largest absolute Gasteiger partial charge is 0.416 e. The van der Waals surface area contributed by atoms with Crippen LogP contribution in [0, 0.1) is 6.92 Å². The predicted molar refractivity (Wildman–Crippen MR) is 160 cm³/mol. The number of fused-ring (bicyclic) bond motifs is 1. The summed E-state index contributed by atoms with van der Waals surface area (Å²) in [6.07, 6.45) is -8.17. The topological polar surface area (TPSA) is 53.7 Å². The van der Waals surface area contributed by atoms with Crippen molar-refractivity contribution in [1.82, 2.24) is 19.6 Å². The Balaban J connectivity index is 0.00000248. The number of carbonyl (C=O) groups excluding carboxylic acids is 1. The van der Waals surface area contributed by atoms with Crippen LogP contribution in [0.1, 0.15) is 55.6 Å². The van der Waals surface area contributed by atoms with Crippen molar-refractivity contribution in [2.24, 2.45) is 4.99 Å². The van der Waals surface area contributed by atoms with Gasteiger partial charge in [0.2, 0.25) is 0 Å². The highest BCUT2D eigenvalue weighted by Gasteiger charge is 2.38. The molecule has 1 aromatic heterocycles. The smallest absolute Gasteiger partial charge is 0.353 e. The standard InChI is InChI=1S/C28H29F6N5OS.C2H6/c1-5-38(6-2)12-11-37(4)26-35-25(40)24(41-26)14-18-7-10-23-21(13-18)17(3)36-39(23)16-19-8-9-20(27(29,30)31)15-22(19)28(32,33)34;1-2/h7-10,13-15H,5-6,11-12,16H2,1-4H3;1-2H3/b24-14-;. The van der Waals surface area contributed by atoms with Crippen molar-refractivity contribution in [3.63, 3.8) is 0 Å². The monoisotopic (exact) mass is 627 g/mol.